The van der Waals surface area contributed by atoms with Crippen molar-refractivity contribution in [1.82, 2.24) is 9.55 Å². The van der Waals surface area contributed by atoms with Gasteiger partial charge in [0.25, 0.3) is 0 Å². The fourth-order valence-electron chi connectivity index (χ4n) is 1.24. The Labute approximate surface area is 77.5 Å². The van der Waals surface area contributed by atoms with Crippen molar-refractivity contribution in [2.24, 2.45) is 7.05 Å². The molecule has 1 heterocycles. The van der Waals surface area contributed by atoms with Crippen LogP contribution in [0.15, 0.2) is 6.33 Å². The van der Waals surface area contributed by atoms with E-state index < -0.39 is 0 Å². The minimum Gasteiger partial charge on any atom is -0.461 e. The molecule has 0 aliphatic carbocycles. The van der Waals surface area contributed by atoms with Crippen molar-refractivity contribution in [1.29, 1.82) is 0 Å². The van der Waals surface area contributed by atoms with E-state index in [1.54, 1.807) is 13.3 Å². The van der Waals surface area contributed by atoms with Crippen molar-refractivity contribution in [2.45, 2.75) is 20.3 Å². The predicted octanol–water partition coefficient (Wildman–Crippen LogP) is 1.16. The molecular weight excluding hydrogens is 168 g/mol. The van der Waals surface area contributed by atoms with Gasteiger partial charge in [0.2, 0.25) is 0 Å². The molecule has 0 spiro atoms. The van der Waals surface area contributed by atoms with E-state index in [2.05, 4.69) is 4.98 Å². The minimum absolute atomic E-state index is 0.333. The molecule has 0 bridgehead atoms. The highest BCUT2D eigenvalue weighted by molar-refractivity contribution is 5.88. The van der Waals surface area contributed by atoms with Gasteiger partial charge in [-0.25, -0.2) is 9.78 Å². The zero-order valence-corrected chi connectivity index (χ0v) is 8.20. The van der Waals surface area contributed by atoms with Crippen LogP contribution in [0, 0.1) is 0 Å². The van der Waals surface area contributed by atoms with E-state index in [0.717, 1.165) is 12.1 Å². The molecule has 72 valence electrons. The van der Waals surface area contributed by atoms with Gasteiger partial charge in [0.1, 0.15) is 0 Å². The Balaban J connectivity index is 2.93. The van der Waals surface area contributed by atoms with Gasteiger partial charge in [-0.2, -0.15) is 0 Å². The lowest BCUT2D eigenvalue weighted by molar-refractivity contribution is 0.0518. The van der Waals surface area contributed by atoms with Crippen molar-refractivity contribution in [2.75, 3.05) is 6.61 Å². The zero-order valence-electron chi connectivity index (χ0n) is 8.20. The number of rotatable bonds is 3. The SMILES string of the molecule is CCOC(=O)c1ncn(C)c1CC. The molecule has 0 saturated carbocycles. The zero-order chi connectivity index (χ0) is 9.84. The molecular formula is C9H14N2O2. The lowest BCUT2D eigenvalue weighted by Gasteiger charge is -2.02. The maximum Gasteiger partial charge on any atom is 0.358 e. The van der Waals surface area contributed by atoms with Crippen molar-refractivity contribution < 1.29 is 9.53 Å². The van der Waals surface area contributed by atoms with Crippen LogP contribution in [0.2, 0.25) is 0 Å². The number of nitrogens with zero attached hydrogens (tertiary/aromatic N) is 2. The molecule has 13 heavy (non-hydrogen) atoms. The maximum absolute atomic E-state index is 11.3. The average Bonchev–Trinajstić information content (AvgIpc) is 2.47. The first kappa shape index (κ1) is 9.77. The van der Waals surface area contributed by atoms with Gasteiger partial charge in [0.15, 0.2) is 5.69 Å². The number of aromatic nitrogens is 2. The van der Waals surface area contributed by atoms with E-state index in [0.29, 0.717) is 12.3 Å². The number of hydrogen-bond acceptors (Lipinski definition) is 3. The minimum atomic E-state index is -0.333. The Kier molecular flexibility index (Phi) is 3.06. The maximum atomic E-state index is 11.3. The van der Waals surface area contributed by atoms with Gasteiger partial charge in [-0.05, 0) is 13.3 Å². The van der Waals surface area contributed by atoms with Crippen LogP contribution in [0.4, 0.5) is 0 Å². The molecule has 4 heteroatoms. The lowest BCUT2D eigenvalue weighted by atomic mass is 10.2. The fraction of sp³-hybridized carbons (Fsp3) is 0.556. The highest BCUT2D eigenvalue weighted by Gasteiger charge is 2.15. The summed E-state index contributed by atoms with van der Waals surface area (Å²) in [4.78, 5) is 15.3. The Morgan fingerprint density at radius 1 is 1.62 bits per heavy atom. The topological polar surface area (TPSA) is 44.1 Å². The summed E-state index contributed by atoms with van der Waals surface area (Å²) < 4.78 is 6.71. The average molecular weight is 182 g/mol. The van der Waals surface area contributed by atoms with Gasteiger partial charge in [-0.3, -0.25) is 0 Å². The molecule has 0 radical (unpaired) electrons. The number of hydrogen-bond donors (Lipinski definition) is 0. The molecule has 1 aromatic rings. The summed E-state index contributed by atoms with van der Waals surface area (Å²) in [5.74, 6) is -0.333. The van der Waals surface area contributed by atoms with Gasteiger partial charge in [0.05, 0.1) is 18.6 Å². The van der Waals surface area contributed by atoms with Gasteiger partial charge >= 0.3 is 5.97 Å². The molecule has 1 aromatic heterocycles. The first-order chi connectivity index (χ1) is 6.20. The number of carbonyl (C=O) groups is 1. The quantitative estimate of drug-likeness (QED) is 0.659. The van der Waals surface area contributed by atoms with E-state index >= 15 is 0 Å². The number of carbonyl (C=O) groups excluding carboxylic acids is 1. The normalized spacial score (nSPS) is 10.1. The molecule has 0 amide bonds. The molecule has 0 atom stereocenters. The molecule has 1 rings (SSSR count). The van der Waals surface area contributed by atoms with Crippen LogP contribution in [0.3, 0.4) is 0 Å². The first-order valence-corrected chi connectivity index (χ1v) is 4.38. The van der Waals surface area contributed by atoms with Crippen LogP contribution in [-0.4, -0.2) is 22.1 Å². The van der Waals surface area contributed by atoms with Gasteiger partial charge < -0.3 is 9.30 Å². The van der Waals surface area contributed by atoms with Crippen LogP contribution in [0.1, 0.15) is 30.0 Å². The highest BCUT2D eigenvalue weighted by Crippen LogP contribution is 2.08. The Bertz CT molecular complexity index is 305. The summed E-state index contributed by atoms with van der Waals surface area (Å²) in [7, 11) is 1.87. The van der Waals surface area contributed by atoms with Crippen molar-refractivity contribution in [3.8, 4) is 0 Å². The van der Waals surface area contributed by atoms with Crippen LogP contribution >= 0.6 is 0 Å². The van der Waals surface area contributed by atoms with Gasteiger partial charge in [-0.1, -0.05) is 6.92 Å². The Hall–Kier alpha value is -1.32. The van der Waals surface area contributed by atoms with Crippen LogP contribution < -0.4 is 0 Å². The summed E-state index contributed by atoms with van der Waals surface area (Å²) in [6, 6.07) is 0. The third-order valence-electron chi connectivity index (χ3n) is 1.86. The first-order valence-electron chi connectivity index (χ1n) is 4.38. The molecule has 0 aliphatic heterocycles. The molecule has 0 aromatic carbocycles. The van der Waals surface area contributed by atoms with Crippen LogP contribution in [0.25, 0.3) is 0 Å². The molecule has 0 N–H and O–H groups in total. The standard InChI is InChI=1S/C9H14N2O2/c1-4-7-8(9(12)13-5-2)10-6-11(7)3/h6H,4-5H2,1-3H3. The number of aryl methyl sites for hydroxylation is 1. The summed E-state index contributed by atoms with van der Waals surface area (Å²) in [5, 5.41) is 0. The fourth-order valence-corrected chi connectivity index (χ4v) is 1.24. The third kappa shape index (κ3) is 1.88. The highest BCUT2D eigenvalue weighted by atomic mass is 16.5. The van der Waals surface area contributed by atoms with E-state index in [-0.39, 0.29) is 5.97 Å². The molecule has 0 fully saturated rings. The number of ether oxygens (including phenoxy) is 1. The van der Waals surface area contributed by atoms with Crippen molar-refractivity contribution in [3.63, 3.8) is 0 Å². The second-order valence-corrected chi connectivity index (χ2v) is 2.72. The lowest BCUT2D eigenvalue weighted by Crippen LogP contribution is -2.09. The molecule has 4 nitrogen and oxygen atoms in total. The predicted molar refractivity (Wildman–Crippen MR) is 48.5 cm³/mol. The van der Waals surface area contributed by atoms with Crippen molar-refractivity contribution in [3.05, 3.63) is 17.7 Å². The number of esters is 1. The summed E-state index contributed by atoms with van der Waals surface area (Å²) >= 11 is 0. The smallest absolute Gasteiger partial charge is 0.358 e. The Morgan fingerprint density at radius 2 is 2.31 bits per heavy atom. The van der Waals surface area contributed by atoms with Crippen molar-refractivity contribution >= 4 is 5.97 Å². The number of imidazole rings is 1. The monoisotopic (exact) mass is 182 g/mol. The Morgan fingerprint density at radius 3 is 2.85 bits per heavy atom. The molecule has 0 unspecified atom stereocenters. The van der Waals surface area contributed by atoms with Crippen LogP contribution in [-0.2, 0) is 18.2 Å². The van der Waals surface area contributed by atoms with Crippen LogP contribution in [0.5, 0.6) is 0 Å². The summed E-state index contributed by atoms with van der Waals surface area (Å²) in [5.41, 5.74) is 1.35. The van der Waals surface area contributed by atoms with Gasteiger partial charge in [0, 0.05) is 7.05 Å². The third-order valence-corrected chi connectivity index (χ3v) is 1.86. The second kappa shape index (κ2) is 4.07. The molecule has 0 aliphatic rings. The van der Waals surface area contributed by atoms with E-state index in [4.69, 9.17) is 4.74 Å². The van der Waals surface area contributed by atoms with E-state index in [1.165, 1.54) is 0 Å². The summed E-state index contributed by atoms with van der Waals surface area (Å²) in [6.07, 6.45) is 2.41. The second-order valence-electron chi connectivity index (χ2n) is 2.72. The van der Waals surface area contributed by atoms with Gasteiger partial charge in [-0.15, -0.1) is 0 Å². The molecule has 0 saturated heterocycles. The van der Waals surface area contributed by atoms with E-state index in [1.807, 2.05) is 18.5 Å². The van der Waals surface area contributed by atoms with E-state index in [9.17, 15) is 4.79 Å². The largest absolute Gasteiger partial charge is 0.461 e. The summed E-state index contributed by atoms with van der Waals surface area (Å²) in [6.45, 7) is 4.16.